The number of carbonyl (C=O) groups excluding carboxylic acids is 2. The SMILES string of the molecule is CC(C)(C)c1ccccc1NC(=O)CCc1ccc2c(c1)NC(=O)CO2. The van der Waals surface area contributed by atoms with Crippen molar-refractivity contribution in [2.75, 3.05) is 17.2 Å². The second-order valence-electron chi connectivity index (χ2n) is 7.51. The van der Waals surface area contributed by atoms with Crippen LogP contribution in [0.5, 0.6) is 5.75 Å². The van der Waals surface area contributed by atoms with Crippen molar-refractivity contribution in [3.63, 3.8) is 0 Å². The summed E-state index contributed by atoms with van der Waals surface area (Å²) >= 11 is 0. The van der Waals surface area contributed by atoms with Crippen LogP contribution in [0, 0.1) is 0 Å². The molecule has 26 heavy (non-hydrogen) atoms. The van der Waals surface area contributed by atoms with E-state index in [1.807, 2.05) is 42.5 Å². The summed E-state index contributed by atoms with van der Waals surface area (Å²) in [5, 5.41) is 5.81. The van der Waals surface area contributed by atoms with Crippen molar-refractivity contribution in [3.05, 3.63) is 53.6 Å². The number of ether oxygens (including phenoxy) is 1. The number of fused-ring (bicyclic) bond motifs is 1. The number of hydrogen-bond acceptors (Lipinski definition) is 3. The number of benzene rings is 2. The molecule has 0 atom stereocenters. The molecule has 0 bridgehead atoms. The van der Waals surface area contributed by atoms with Gasteiger partial charge in [-0.15, -0.1) is 0 Å². The molecule has 2 amide bonds. The molecule has 136 valence electrons. The Bertz CT molecular complexity index is 837. The topological polar surface area (TPSA) is 67.4 Å². The first-order valence-corrected chi connectivity index (χ1v) is 8.78. The molecular formula is C21H24N2O3. The van der Waals surface area contributed by atoms with Gasteiger partial charge in [0.05, 0.1) is 5.69 Å². The van der Waals surface area contributed by atoms with Gasteiger partial charge in [-0.2, -0.15) is 0 Å². The predicted molar refractivity (Wildman–Crippen MR) is 103 cm³/mol. The van der Waals surface area contributed by atoms with E-state index in [9.17, 15) is 9.59 Å². The lowest BCUT2D eigenvalue weighted by Gasteiger charge is -2.23. The van der Waals surface area contributed by atoms with Crippen LogP contribution in [-0.4, -0.2) is 18.4 Å². The van der Waals surface area contributed by atoms with E-state index in [0.717, 1.165) is 16.8 Å². The van der Waals surface area contributed by atoms with Crippen molar-refractivity contribution < 1.29 is 14.3 Å². The second-order valence-corrected chi connectivity index (χ2v) is 7.51. The monoisotopic (exact) mass is 352 g/mol. The molecular weight excluding hydrogens is 328 g/mol. The van der Waals surface area contributed by atoms with Gasteiger partial charge >= 0.3 is 0 Å². The summed E-state index contributed by atoms with van der Waals surface area (Å²) in [7, 11) is 0. The molecule has 0 radical (unpaired) electrons. The van der Waals surface area contributed by atoms with E-state index in [0.29, 0.717) is 24.3 Å². The molecule has 5 nitrogen and oxygen atoms in total. The summed E-state index contributed by atoms with van der Waals surface area (Å²) < 4.78 is 5.35. The van der Waals surface area contributed by atoms with Crippen LogP contribution in [0.25, 0.3) is 0 Å². The zero-order chi connectivity index (χ0) is 18.7. The minimum atomic E-state index is -0.161. The van der Waals surface area contributed by atoms with Crippen LogP contribution in [0.2, 0.25) is 0 Å². The molecule has 0 fully saturated rings. The Labute approximate surface area is 153 Å². The third-order valence-electron chi connectivity index (χ3n) is 4.33. The lowest BCUT2D eigenvalue weighted by molar-refractivity contribution is -0.118. The lowest BCUT2D eigenvalue weighted by Crippen LogP contribution is -2.25. The fourth-order valence-electron chi connectivity index (χ4n) is 3.00. The largest absolute Gasteiger partial charge is 0.482 e. The molecule has 0 spiro atoms. The average Bonchev–Trinajstić information content (AvgIpc) is 2.59. The van der Waals surface area contributed by atoms with Gasteiger partial charge in [0.2, 0.25) is 5.91 Å². The number of anilines is 2. The van der Waals surface area contributed by atoms with Crippen molar-refractivity contribution >= 4 is 23.2 Å². The summed E-state index contributed by atoms with van der Waals surface area (Å²) in [5.41, 5.74) is 3.57. The van der Waals surface area contributed by atoms with Crippen LogP contribution in [-0.2, 0) is 21.4 Å². The maximum Gasteiger partial charge on any atom is 0.262 e. The summed E-state index contributed by atoms with van der Waals surface area (Å²) in [6.07, 6.45) is 0.957. The van der Waals surface area contributed by atoms with E-state index in [1.54, 1.807) is 0 Å². The molecule has 0 aliphatic carbocycles. The summed E-state index contributed by atoms with van der Waals surface area (Å²) in [6.45, 7) is 6.42. The van der Waals surface area contributed by atoms with Gasteiger partial charge in [-0.3, -0.25) is 9.59 Å². The Hall–Kier alpha value is -2.82. The highest BCUT2D eigenvalue weighted by molar-refractivity contribution is 5.95. The third kappa shape index (κ3) is 4.23. The van der Waals surface area contributed by atoms with E-state index >= 15 is 0 Å². The van der Waals surface area contributed by atoms with E-state index in [1.165, 1.54) is 0 Å². The van der Waals surface area contributed by atoms with E-state index in [2.05, 4.69) is 31.4 Å². The van der Waals surface area contributed by atoms with Crippen molar-refractivity contribution in [2.45, 2.75) is 39.0 Å². The van der Waals surface area contributed by atoms with Crippen LogP contribution >= 0.6 is 0 Å². The number of amides is 2. The van der Waals surface area contributed by atoms with E-state index in [-0.39, 0.29) is 23.8 Å². The Morgan fingerprint density at radius 2 is 1.96 bits per heavy atom. The van der Waals surface area contributed by atoms with Crippen LogP contribution in [0.1, 0.15) is 38.3 Å². The molecule has 0 unspecified atom stereocenters. The number of nitrogens with one attached hydrogen (secondary N) is 2. The first-order chi connectivity index (χ1) is 12.3. The average molecular weight is 352 g/mol. The number of hydrogen-bond donors (Lipinski definition) is 2. The van der Waals surface area contributed by atoms with Crippen molar-refractivity contribution in [2.24, 2.45) is 0 Å². The fourth-order valence-corrected chi connectivity index (χ4v) is 3.00. The van der Waals surface area contributed by atoms with Gasteiger partial charge < -0.3 is 15.4 Å². The lowest BCUT2D eigenvalue weighted by atomic mass is 9.86. The van der Waals surface area contributed by atoms with Crippen LogP contribution in [0.15, 0.2) is 42.5 Å². The molecule has 0 aromatic heterocycles. The normalized spacial score (nSPS) is 13.4. The second kappa shape index (κ2) is 7.20. The Balaban J connectivity index is 1.64. The standard InChI is InChI=1S/C21H24N2O3/c1-21(2,3)15-6-4-5-7-16(15)22-19(24)11-9-14-8-10-18-17(12-14)23-20(25)13-26-18/h4-8,10,12H,9,11,13H2,1-3H3,(H,22,24)(H,23,25). The molecule has 1 heterocycles. The number of aryl methyl sites for hydroxylation is 1. The Morgan fingerprint density at radius 1 is 1.19 bits per heavy atom. The summed E-state index contributed by atoms with van der Waals surface area (Å²) in [5.74, 6) is 0.475. The number of rotatable bonds is 4. The van der Waals surface area contributed by atoms with E-state index in [4.69, 9.17) is 4.74 Å². The highest BCUT2D eigenvalue weighted by Gasteiger charge is 2.19. The van der Waals surface area contributed by atoms with Crippen LogP contribution in [0.4, 0.5) is 11.4 Å². The molecule has 2 aromatic carbocycles. The highest BCUT2D eigenvalue weighted by Crippen LogP contribution is 2.30. The van der Waals surface area contributed by atoms with E-state index < -0.39 is 0 Å². The molecule has 2 N–H and O–H groups in total. The van der Waals surface area contributed by atoms with Gasteiger partial charge in [-0.1, -0.05) is 45.0 Å². The van der Waals surface area contributed by atoms with Gasteiger partial charge in [0, 0.05) is 12.1 Å². The van der Waals surface area contributed by atoms with Crippen LogP contribution < -0.4 is 15.4 Å². The molecule has 2 aromatic rings. The fraction of sp³-hybridized carbons (Fsp3) is 0.333. The third-order valence-corrected chi connectivity index (χ3v) is 4.33. The molecule has 0 saturated heterocycles. The van der Waals surface area contributed by atoms with Gasteiger partial charge in [-0.25, -0.2) is 0 Å². The minimum Gasteiger partial charge on any atom is -0.482 e. The van der Waals surface area contributed by atoms with Gasteiger partial charge in [0.1, 0.15) is 5.75 Å². The van der Waals surface area contributed by atoms with Gasteiger partial charge in [0.25, 0.3) is 5.91 Å². The van der Waals surface area contributed by atoms with Crippen molar-refractivity contribution in [3.8, 4) is 5.75 Å². The zero-order valence-corrected chi connectivity index (χ0v) is 15.4. The van der Waals surface area contributed by atoms with Crippen molar-refractivity contribution in [1.82, 2.24) is 0 Å². The predicted octanol–water partition coefficient (Wildman–Crippen LogP) is 3.89. The van der Waals surface area contributed by atoms with Crippen molar-refractivity contribution in [1.29, 1.82) is 0 Å². The number of para-hydroxylation sites is 1. The first kappa shape index (κ1) is 18.0. The van der Waals surface area contributed by atoms with Crippen LogP contribution in [0.3, 0.4) is 0 Å². The molecule has 3 rings (SSSR count). The highest BCUT2D eigenvalue weighted by atomic mass is 16.5. The van der Waals surface area contributed by atoms with Gasteiger partial charge in [-0.05, 0) is 41.2 Å². The molecule has 1 aliphatic heterocycles. The molecule has 1 aliphatic rings. The zero-order valence-electron chi connectivity index (χ0n) is 15.4. The Kier molecular flexibility index (Phi) is 4.98. The van der Waals surface area contributed by atoms with Gasteiger partial charge in [0.15, 0.2) is 6.61 Å². The summed E-state index contributed by atoms with van der Waals surface area (Å²) in [4.78, 5) is 23.8. The number of carbonyl (C=O) groups is 2. The minimum absolute atomic E-state index is 0.0280. The maximum absolute atomic E-state index is 12.4. The smallest absolute Gasteiger partial charge is 0.262 e. The quantitative estimate of drug-likeness (QED) is 0.877. The molecule has 5 heteroatoms. The maximum atomic E-state index is 12.4. The Morgan fingerprint density at radius 3 is 2.73 bits per heavy atom. The summed E-state index contributed by atoms with van der Waals surface area (Å²) in [6, 6.07) is 13.5. The first-order valence-electron chi connectivity index (χ1n) is 8.78. The molecule has 0 saturated carbocycles.